The third-order valence-electron chi connectivity index (χ3n) is 3.07. The van der Waals surface area contributed by atoms with Crippen LogP contribution in [0.5, 0.6) is 0 Å². The number of benzene rings is 1. The van der Waals surface area contributed by atoms with Gasteiger partial charge >= 0.3 is 0 Å². The lowest BCUT2D eigenvalue weighted by molar-refractivity contribution is 0.135. The molecule has 2 heterocycles. The number of hydrogen-bond acceptors (Lipinski definition) is 5. The van der Waals surface area contributed by atoms with Crippen LogP contribution in [0.1, 0.15) is 0 Å². The van der Waals surface area contributed by atoms with Gasteiger partial charge in [0.2, 0.25) is 5.56 Å². The molecule has 6 nitrogen and oxygen atoms in total. The summed E-state index contributed by atoms with van der Waals surface area (Å²) in [5, 5.41) is 26.6. The molecule has 6 heteroatoms. The number of para-hydroxylation sites is 1. The highest BCUT2D eigenvalue weighted by molar-refractivity contribution is 5.77. The molecule has 3 rings (SSSR count). The third-order valence-corrected chi connectivity index (χ3v) is 3.07. The number of nitriles is 3. The molecule has 0 bridgehead atoms. The summed E-state index contributed by atoms with van der Waals surface area (Å²) in [5.74, 6) is -0.780. The smallest absolute Gasteiger partial charge is 0.298 e. The SMILES string of the molecule is N#CC1C=COC1(C#N)C#N.O=c1ccc2ccccc2[nH]1. The van der Waals surface area contributed by atoms with E-state index in [1.807, 2.05) is 30.3 Å². The van der Waals surface area contributed by atoms with Crippen molar-refractivity contribution in [2.45, 2.75) is 5.60 Å². The summed E-state index contributed by atoms with van der Waals surface area (Å²) in [6.45, 7) is 0. The first-order valence-electron chi connectivity index (χ1n) is 6.30. The zero-order valence-corrected chi connectivity index (χ0v) is 11.4. The number of pyridine rings is 1. The molecule has 2 aromatic rings. The lowest BCUT2D eigenvalue weighted by Crippen LogP contribution is -2.30. The van der Waals surface area contributed by atoms with Crippen LogP contribution in [-0.4, -0.2) is 10.6 Å². The van der Waals surface area contributed by atoms with E-state index in [1.54, 1.807) is 18.2 Å². The maximum Gasteiger partial charge on any atom is 0.298 e. The summed E-state index contributed by atoms with van der Waals surface area (Å²) in [4.78, 5) is 13.6. The van der Waals surface area contributed by atoms with Gasteiger partial charge in [-0.1, -0.05) is 18.2 Å². The molecule has 1 unspecified atom stereocenters. The molecule has 22 heavy (non-hydrogen) atoms. The zero-order valence-electron chi connectivity index (χ0n) is 11.4. The quantitative estimate of drug-likeness (QED) is 0.796. The maximum absolute atomic E-state index is 10.8. The highest BCUT2D eigenvalue weighted by Gasteiger charge is 2.43. The Kier molecular flexibility index (Phi) is 4.22. The topological polar surface area (TPSA) is 113 Å². The van der Waals surface area contributed by atoms with Gasteiger partial charge in [-0.05, 0) is 23.6 Å². The van der Waals surface area contributed by atoms with E-state index < -0.39 is 11.5 Å². The fourth-order valence-electron chi connectivity index (χ4n) is 1.88. The van der Waals surface area contributed by atoms with Crippen molar-refractivity contribution in [3.05, 3.63) is 59.1 Å². The first-order valence-corrected chi connectivity index (χ1v) is 6.30. The number of aromatic amines is 1. The van der Waals surface area contributed by atoms with Crippen molar-refractivity contribution < 1.29 is 4.74 Å². The summed E-state index contributed by atoms with van der Waals surface area (Å²) in [5.41, 5.74) is -0.780. The number of rotatable bonds is 0. The van der Waals surface area contributed by atoms with E-state index in [9.17, 15) is 4.79 Å². The lowest BCUT2D eigenvalue weighted by Gasteiger charge is -2.13. The summed E-state index contributed by atoms with van der Waals surface area (Å²) in [6, 6.07) is 16.2. The molecular formula is C16H10N4O2. The molecule has 0 saturated heterocycles. The van der Waals surface area contributed by atoms with E-state index >= 15 is 0 Å². The van der Waals surface area contributed by atoms with E-state index in [0.29, 0.717) is 0 Å². The predicted molar refractivity (Wildman–Crippen MR) is 77.9 cm³/mol. The minimum Gasteiger partial charge on any atom is -0.465 e. The molecular weight excluding hydrogens is 280 g/mol. The van der Waals surface area contributed by atoms with Gasteiger partial charge in [0.05, 0.1) is 12.3 Å². The molecule has 1 aromatic carbocycles. The molecule has 1 N–H and O–H groups in total. The van der Waals surface area contributed by atoms with E-state index in [0.717, 1.165) is 10.9 Å². The minimum atomic E-state index is -1.62. The van der Waals surface area contributed by atoms with E-state index in [2.05, 4.69) is 4.98 Å². The van der Waals surface area contributed by atoms with Gasteiger partial charge < -0.3 is 9.72 Å². The van der Waals surface area contributed by atoms with Crippen LogP contribution in [0.2, 0.25) is 0 Å². The standard InChI is InChI=1S/C9H7NO.C7H3N3O/c11-9-6-5-7-3-1-2-4-8(7)10-9;8-3-6-1-2-11-7(6,4-9)5-10/h1-6H,(H,10,11);1-2,6H. The minimum absolute atomic E-state index is 0.0521. The Labute approximate surface area is 126 Å². The van der Waals surface area contributed by atoms with Gasteiger partial charge in [0, 0.05) is 11.6 Å². The Morgan fingerprint density at radius 3 is 2.45 bits per heavy atom. The monoisotopic (exact) mass is 290 g/mol. The van der Waals surface area contributed by atoms with Gasteiger partial charge in [0.25, 0.3) is 5.60 Å². The van der Waals surface area contributed by atoms with Crippen molar-refractivity contribution in [2.75, 3.05) is 0 Å². The number of nitrogens with zero attached hydrogens (tertiary/aromatic N) is 3. The fourth-order valence-corrected chi connectivity index (χ4v) is 1.88. The van der Waals surface area contributed by atoms with E-state index in [1.165, 1.54) is 18.4 Å². The highest BCUT2D eigenvalue weighted by Crippen LogP contribution is 2.27. The molecule has 1 atom stereocenters. The Hall–Kier alpha value is -3.56. The van der Waals surface area contributed by atoms with Crippen molar-refractivity contribution in [3.63, 3.8) is 0 Å². The Bertz CT molecular complexity index is 879. The largest absolute Gasteiger partial charge is 0.465 e. The number of H-pyrrole nitrogens is 1. The molecule has 1 aromatic heterocycles. The van der Waals surface area contributed by atoms with Crippen LogP contribution in [0, 0.1) is 39.9 Å². The second-order valence-electron chi connectivity index (χ2n) is 4.42. The zero-order chi connectivity index (χ0) is 16.0. The second-order valence-corrected chi connectivity index (χ2v) is 4.42. The molecule has 0 fully saturated rings. The van der Waals surface area contributed by atoms with E-state index in [-0.39, 0.29) is 5.56 Å². The molecule has 0 spiro atoms. The summed E-state index contributed by atoms with van der Waals surface area (Å²) in [7, 11) is 0. The normalized spacial score (nSPS) is 17.2. The third kappa shape index (κ3) is 2.80. The fraction of sp³-hybridized carbons (Fsp3) is 0.125. The van der Waals surface area contributed by atoms with Crippen LogP contribution in [0.15, 0.2) is 53.5 Å². The number of nitrogens with one attached hydrogen (secondary N) is 1. The van der Waals surface area contributed by atoms with Crippen LogP contribution < -0.4 is 5.56 Å². The molecule has 106 valence electrons. The Morgan fingerprint density at radius 1 is 1.09 bits per heavy atom. The predicted octanol–water partition coefficient (Wildman–Crippen LogP) is 1.98. The van der Waals surface area contributed by atoms with Crippen molar-refractivity contribution >= 4 is 10.9 Å². The van der Waals surface area contributed by atoms with Crippen LogP contribution in [0.4, 0.5) is 0 Å². The van der Waals surface area contributed by atoms with Crippen LogP contribution in [-0.2, 0) is 4.74 Å². The average molecular weight is 290 g/mol. The van der Waals surface area contributed by atoms with Gasteiger partial charge in [-0.25, -0.2) is 0 Å². The van der Waals surface area contributed by atoms with Crippen molar-refractivity contribution in [1.29, 1.82) is 15.8 Å². The Morgan fingerprint density at radius 2 is 1.82 bits per heavy atom. The number of hydrogen-bond donors (Lipinski definition) is 1. The number of aromatic nitrogens is 1. The Balaban J connectivity index is 0.000000160. The van der Waals surface area contributed by atoms with Crippen LogP contribution in [0.3, 0.4) is 0 Å². The molecule has 0 radical (unpaired) electrons. The lowest BCUT2D eigenvalue weighted by atomic mass is 9.93. The van der Waals surface area contributed by atoms with E-state index in [4.69, 9.17) is 20.5 Å². The second kappa shape index (κ2) is 6.26. The van der Waals surface area contributed by atoms with Gasteiger partial charge in [0.1, 0.15) is 18.1 Å². The highest BCUT2D eigenvalue weighted by atomic mass is 16.5. The summed E-state index contributed by atoms with van der Waals surface area (Å²) in [6.07, 6.45) is 2.60. The molecule has 0 amide bonds. The first-order chi connectivity index (χ1) is 10.6. The van der Waals surface area contributed by atoms with Crippen molar-refractivity contribution in [3.8, 4) is 18.2 Å². The molecule has 0 saturated carbocycles. The first kappa shape index (κ1) is 14.8. The van der Waals surface area contributed by atoms with Gasteiger partial charge in [-0.15, -0.1) is 0 Å². The van der Waals surface area contributed by atoms with Gasteiger partial charge in [-0.2, -0.15) is 15.8 Å². The van der Waals surface area contributed by atoms with Crippen LogP contribution >= 0.6 is 0 Å². The maximum atomic E-state index is 10.8. The van der Waals surface area contributed by atoms with Crippen LogP contribution in [0.25, 0.3) is 10.9 Å². The number of ether oxygens (including phenoxy) is 1. The van der Waals surface area contributed by atoms with Crippen molar-refractivity contribution in [1.82, 2.24) is 4.98 Å². The average Bonchev–Trinajstić information content (AvgIpc) is 2.99. The summed E-state index contributed by atoms with van der Waals surface area (Å²) < 4.78 is 4.72. The van der Waals surface area contributed by atoms with Gasteiger partial charge in [0.15, 0.2) is 0 Å². The summed E-state index contributed by atoms with van der Waals surface area (Å²) >= 11 is 0. The molecule has 0 aliphatic carbocycles. The number of fused-ring (bicyclic) bond motifs is 1. The molecule has 1 aliphatic heterocycles. The molecule has 1 aliphatic rings. The van der Waals surface area contributed by atoms with Gasteiger partial charge in [-0.3, -0.25) is 4.79 Å². The van der Waals surface area contributed by atoms with Crippen molar-refractivity contribution in [2.24, 2.45) is 5.92 Å².